The van der Waals surface area contributed by atoms with Gasteiger partial charge in [-0.25, -0.2) is 0 Å². The number of rotatable bonds is 6. The van der Waals surface area contributed by atoms with Gasteiger partial charge in [-0.1, -0.05) is 25.5 Å². The molecule has 0 spiro atoms. The van der Waals surface area contributed by atoms with Crippen LogP contribution in [0.3, 0.4) is 0 Å². The minimum atomic E-state index is -1.91. The summed E-state index contributed by atoms with van der Waals surface area (Å²) in [4.78, 5) is 11.9. The van der Waals surface area contributed by atoms with E-state index in [1.165, 1.54) is 7.11 Å². The lowest BCUT2D eigenvalue weighted by molar-refractivity contribution is 0.0980. The molecule has 1 unspecified atom stereocenters. The fourth-order valence-corrected chi connectivity index (χ4v) is 2.24. The van der Waals surface area contributed by atoms with Crippen molar-refractivity contribution >= 4 is 19.1 Å². The van der Waals surface area contributed by atoms with Crippen molar-refractivity contribution in [2.24, 2.45) is 0 Å². The number of Topliss-reactive ketones (excluding diaryl/α,β-unsaturated/α-hetero) is 1. The molecule has 0 saturated heterocycles. The Labute approximate surface area is 96.7 Å². The van der Waals surface area contributed by atoms with Crippen molar-refractivity contribution in [2.45, 2.75) is 26.2 Å². The molecule has 16 heavy (non-hydrogen) atoms. The average Bonchev–Trinajstić information content (AvgIpc) is 2.35. The number of hydrogen-bond donors (Lipinski definition) is 0. The first-order valence-corrected chi connectivity index (χ1v) is 6.52. The molecule has 0 bridgehead atoms. The molecular formula is C12H16O3P+. The Hall–Kier alpha value is -1.05. The van der Waals surface area contributed by atoms with E-state index in [1.807, 2.05) is 6.92 Å². The van der Waals surface area contributed by atoms with Gasteiger partial charge in [0.25, 0.3) is 0 Å². The van der Waals surface area contributed by atoms with Crippen molar-refractivity contribution in [3.63, 3.8) is 0 Å². The normalized spacial score (nSPS) is 11.2. The van der Waals surface area contributed by atoms with Gasteiger partial charge in [0.2, 0.25) is 5.30 Å². The highest BCUT2D eigenvalue weighted by Gasteiger charge is 2.27. The Kier molecular flexibility index (Phi) is 5.30. The number of carbonyl (C=O) groups is 1. The standard InChI is InChI=1S/C12H16O3P/c1-3-4-8-11(13)10-7-5-6-9-12(10)16(14)15-2/h5-7,9H,3-4,8H2,1-2H3/q+1. The third-order valence-corrected chi connectivity index (χ3v) is 3.44. The molecule has 0 aliphatic carbocycles. The predicted octanol–water partition coefficient (Wildman–Crippen LogP) is 3.07. The fraction of sp³-hybridized carbons (Fsp3) is 0.417. The van der Waals surface area contributed by atoms with Crippen LogP contribution in [0.5, 0.6) is 0 Å². The molecule has 0 aliphatic rings. The molecule has 0 N–H and O–H groups in total. The third-order valence-electron chi connectivity index (χ3n) is 2.32. The highest BCUT2D eigenvalue weighted by Crippen LogP contribution is 2.22. The average molecular weight is 239 g/mol. The van der Waals surface area contributed by atoms with Crippen LogP contribution in [0.4, 0.5) is 0 Å². The molecule has 0 heterocycles. The van der Waals surface area contributed by atoms with Gasteiger partial charge in [0.1, 0.15) is 0 Å². The smallest absolute Gasteiger partial charge is 0.294 e. The molecule has 0 aromatic heterocycles. The Bertz CT molecular complexity index is 388. The maximum absolute atomic E-state index is 11.9. The largest absolute Gasteiger partial charge is 0.549 e. The van der Waals surface area contributed by atoms with Gasteiger partial charge in [-0.15, -0.1) is 4.52 Å². The molecule has 4 heteroatoms. The lowest BCUT2D eigenvalue weighted by atomic mass is 10.1. The summed E-state index contributed by atoms with van der Waals surface area (Å²) in [5.74, 6) is 0.0397. The first-order chi connectivity index (χ1) is 7.70. The Morgan fingerprint density at radius 1 is 1.38 bits per heavy atom. The van der Waals surface area contributed by atoms with E-state index in [1.54, 1.807) is 24.3 Å². The van der Waals surface area contributed by atoms with Crippen LogP contribution in [0.15, 0.2) is 24.3 Å². The second-order valence-electron chi connectivity index (χ2n) is 3.48. The van der Waals surface area contributed by atoms with E-state index in [9.17, 15) is 9.36 Å². The van der Waals surface area contributed by atoms with E-state index in [0.717, 1.165) is 12.8 Å². The van der Waals surface area contributed by atoms with E-state index < -0.39 is 8.03 Å². The minimum Gasteiger partial charge on any atom is -0.294 e. The number of carbonyl (C=O) groups excluding carboxylic acids is 1. The number of ketones is 1. The van der Waals surface area contributed by atoms with Crippen molar-refractivity contribution in [3.8, 4) is 0 Å². The summed E-state index contributed by atoms with van der Waals surface area (Å²) in [5, 5.41) is 0.501. The topological polar surface area (TPSA) is 43.4 Å². The van der Waals surface area contributed by atoms with Crippen LogP contribution in [-0.2, 0) is 9.09 Å². The van der Waals surface area contributed by atoms with E-state index in [4.69, 9.17) is 4.52 Å². The van der Waals surface area contributed by atoms with E-state index in [0.29, 0.717) is 17.3 Å². The van der Waals surface area contributed by atoms with Gasteiger partial charge in [-0.3, -0.25) is 4.79 Å². The Balaban J connectivity index is 2.94. The molecule has 0 amide bonds. The van der Waals surface area contributed by atoms with Gasteiger partial charge >= 0.3 is 8.03 Å². The summed E-state index contributed by atoms with van der Waals surface area (Å²) in [5.41, 5.74) is 0.527. The van der Waals surface area contributed by atoms with Crippen molar-refractivity contribution in [1.82, 2.24) is 0 Å². The quantitative estimate of drug-likeness (QED) is 0.566. The summed E-state index contributed by atoms with van der Waals surface area (Å²) < 4.78 is 16.4. The molecule has 1 aromatic rings. The zero-order valence-corrected chi connectivity index (χ0v) is 10.5. The SMILES string of the molecule is CCCCC(=O)c1ccccc1[P+](=O)OC. The first-order valence-electron chi connectivity index (χ1n) is 5.34. The summed E-state index contributed by atoms with van der Waals surface area (Å²) in [6, 6.07) is 6.93. The molecular weight excluding hydrogens is 223 g/mol. The highest BCUT2D eigenvalue weighted by molar-refractivity contribution is 7.48. The molecule has 1 rings (SSSR count). The summed E-state index contributed by atoms with van der Waals surface area (Å²) in [6.45, 7) is 2.04. The van der Waals surface area contributed by atoms with E-state index in [2.05, 4.69) is 0 Å². The van der Waals surface area contributed by atoms with Crippen LogP contribution >= 0.6 is 8.03 Å². The van der Waals surface area contributed by atoms with Gasteiger partial charge in [-0.05, 0) is 23.1 Å². The summed E-state index contributed by atoms with van der Waals surface area (Å²) in [7, 11) is -0.532. The van der Waals surface area contributed by atoms with Crippen molar-refractivity contribution in [1.29, 1.82) is 0 Å². The first kappa shape index (κ1) is 13.0. The molecule has 86 valence electrons. The maximum Gasteiger partial charge on any atom is 0.549 e. The number of unbranched alkanes of at least 4 members (excludes halogenated alkanes) is 1. The molecule has 1 aromatic carbocycles. The van der Waals surface area contributed by atoms with Crippen LogP contribution in [0.2, 0.25) is 0 Å². The van der Waals surface area contributed by atoms with Gasteiger partial charge in [0.05, 0.1) is 12.7 Å². The number of benzene rings is 1. The zero-order chi connectivity index (χ0) is 12.0. The maximum atomic E-state index is 11.9. The second kappa shape index (κ2) is 6.51. The van der Waals surface area contributed by atoms with Crippen molar-refractivity contribution < 1.29 is 13.9 Å². The Morgan fingerprint density at radius 3 is 2.69 bits per heavy atom. The summed E-state index contributed by atoms with van der Waals surface area (Å²) in [6.07, 6.45) is 2.33. The molecule has 0 radical (unpaired) electrons. The van der Waals surface area contributed by atoms with Crippen LogP contribution in [0, 0.1) is 0 Å². The second-order valence-corrected chi connectivity index (χ2v) is 4.84. The number of hydrogen-bond acceptors (Lipinski definition) is 3. The third kappa shape index (κ3) is 3.22. The molecule has 0 aliphatic heterocycles. The van der Waals surface area contributed by atoms with Gasteiger partial charge in [0.15, 0.2) is 5.78 Å². The molecule has 0 saturated carbocycles. The van der Waals surface area contributed by atoms with Crippen LogP contribution < -0.4 is 5.30 Å². The van der Waals surface area contributed by atoms with Crippen molar-refractivity contribution in [2.75, 3.05) is 7.11 Å². The predicted molar refractivity (Wildman–Crippen MR) is 64.5 cm³/mol. The molecule has 1 atom stereocenters. The molecule has 0 fully saturated rings. The van der Waals surface area contributed by atoms with Gasteiger partial charge in [-0.2, -0.15) is 0 Å². The van der Waals surface area contributed by atoms with Gasteiger partial charge < -0.3 is 0 Å². The van der Waals surface area contributed by atoms with Crippen LogP contribution in [0.1, 0.15) is 36.5 Å². The van der Waals surface area contributed by atoms with E-state index >= 15 is 0 Å². The summed E-state index contributed by atoms with van der Waals surface area (Å²) >= 11 is 0. The van der Waals surface area contributed by atoms with Crippen molar-refractivity contribution in [3.05, 3.63) is 29.8 Å². The van der Waals surface area contributed by atoms with Crippen LogP contribution in [-0.4, -0.2) is 12.9 Å². The van der Waals surface area contributed by atoms with E-state index in [-0.39, 0.29) is 5.78 Å². The fourth-order valence-electron chi connectivity index (χ4n) is 1.44. The highest BCUT2D eigenvalue weighted by atomic mass is 31.1. The minimum absolute atomic E-state index is 0.0397. The Morgan fingerprint density at radius 2 is 2.06 bits per heavy atom. The monoisotopic (exact) mass is 239 g/mol. The lowest BCUT2D eigenvalue weighted by Gasteiger charge is -1.99. The molecule has 3 nitrogen and oxygen atoms in total. The van der Waals surface area contributed by atoms with Crippen LogP contribution in [0.25, 0.3) is 0 Å². The zero-order valence-electron chi connectivity index (χ0n) is 9.60. The lowest BCUT2D eigenvalue weighted by Crippen LogP contribution is -2.12. The van der Waals surface area contributed by atoms with Gasteiger partial charge in [0, 0.05) is 6.42 Å².